The fraction of sp³-hybridized carbons (Fsp3) is 0.933. The molecule has 3 atom stereocenters. The Morgan fingerprint density at radius 3 is 2.16 bits per heavy atom. The normalized spacial score (nSPS) is 25.7. The quantitative estimate of drug-likeness (QED) is 0.826. The van der Waals surface area contributed by atoms with Crippen LogP contribution in [0.4, 0.5) is 0 Å². The van der Waals surface area contributed by atoms with Crippen LogP contribution < -0.4 is 5.73 Å². The van der Waals surface area contributed by atoms with Crippen molar-refractivity contribution in [3.8, 4) is 0 Å². The van der Waals surface area contributed by atoms with E-state index in [4.69, 9.17) is 5.73 Å². The number of carbonyl (C=O) groups is 1. The Balaban J connectivity index is 2.84. The van der Waals surface area contributed by atoms with E-state index < -0.39 is 0 Å². The summed E-state index contributed by atoms with van der Waals surface area (Å²) in [5.41, 5.74) is 6.06. The molecule has 0 aliphatic heterocycles. The average Bonchev–Trinajstić information content (AvgIpc) is 2.38. The van der Waals surface area contributed by atoms with Crippen LogP contribution in [0.15, 0.2) is 0 Å². The highest BCUT2D eigenvalue weighted by Crippen LogP contribution is 2.26. The summed E-state index contributed by atoms with van der Waals surface area (Å²) in [7, 11) is 4.23. The number of carbonyl (C=O) groups excluding carboxylic acids is 1. The van der Waals surface area contributed by atoms with Gasteiger partial charge in [0, 0.05) is 18.6 Å². The summed E-state index contributed by atoms with van der Waals surface area (Å²) in [6, 6.07) is 0.424. The van der Waals surface area contributed by atoms with E-state index in [1.807, 2.05) is 18.7 Å². The molecule has 0 aromatic carbocycles. The second-order valence-electron chi connectivity index (χ2n) is 6.28. The van der Waals surface area contributed by atoms with Gasteiger partial charge in [0.05, 0.1) is 6.04 Å². The fourth-order valence-corrected chi connectivity index (χ4v) is 3.09. The first kappa shape index (κ1) is 16.4. The highest BCUT2D eigenvalue weighted by molar-refractivity contribution is 5.82. The molecule has 1 aliphatic carbocycles. The molecule has 2 N–H and O–H groups in total. The van der Waals surface area contributed by atoms with Crippen LogP contribution in [0.1, 0.15) is 46.5 Å². The standard InChI is InChI=1S/C15H31N3O/c1-6-18(15(19)14(16)11(2)3)13-10-8-7-9-12(13)17(4)5/h11-14H,6-10,16H2,1-5H3/t12?,13?,14-/m0/s1. The summed E-state index contributed by atoms with van der Waals surface area (Å²) in [4.78, 5) is 16.9. The van der Waals surface area contributed by atoms with Crippen LogP contribution in [0.2, 0.25) is 0 Å². The molecule has 0 radical (unpaired) electrons. The van der Waals surface area contributed by atoms with E-state index in [2.05, 4.69) is 25.9 Å². The molecule has 1 rings (SSSR count). The van der Waals surface area contributed by atoms with Crippen molar-refractivity contribution in [2.45, 2.75) is 64.6 Å². The fourth-order valence-electron chi connectivity index (χ4n) is 3.09. The van der Waals surface area contributed by atoms with Gasteiger partial charge in [-0.2, -0.15) is 0 Å². The average molecular weight is 269 g/mol. The third-order valence-electron chi connectivity index (χ3n) is 4.38. The molecule has 1 saturated carbocycles. The Hall–Kier alpha value is -0.610. The monoisotopic (exact) mass is 269 g/mol. The van der Waals surface area contributed by atoms with E-state index in [0.29, 0.717) is 12.1 Å². The van der Waals surface area contributed by atoms with Gasteiger partial charge in [-0.25, -0.2) is 0 Å². The minimum absolute atomic E-state index is 0.122. The number of nitrogens with two attached hydrogens (primary N) is 1. The van der Waals surface area contributed by atoms with Crippen LogP contribution in [-0.2, 0) is 4.79 Å². The first-order chi connectivity index (χ1) is 8.90. The van der Waals surface area contributed by atoms with E-state index in [-0.39, 0.29) is 17.9 Å². The van der Waals surface area contributed by atoms with E-state index in [1.165, 1.54) is 19.3 Å². The Labute approximate surface area is 118 Å². The summed E-state index contributed by atoms with van der Waals surface area (Å²) in [6.45, 7) is 6.85. The molecule has 0 aromatic rings. The molecule has 1 amide bonds. The van der Waals surface area contributed by atoms with E-state index >= 15 is 0 Å². The van der Waals surface area contributed by atoms with Crippen LogP contribution in [0.3, 0.4) is 0 Å². The van der Waals surface area contributed by atoms with Gasteiger partial charge in [-0.15, -0.1) is 0 Å². The SMILES string of the molecule is CCN(C(=O)[C@@H](N)C(C)C)C1CCCCC1N(C)C. The van der Waals surface area contributed by atoms with E-state index in [0.717, 1.165) is 13.0 Å². The van der Waals surface area contributed by atoms with Crippen molar-refractivity contribution in [3.05, 3.63) is 0 Å². The zero-order valence-electron chi connectivity index (χ0n) is 13.2. The number of hydrogen-bond acceptors (Lipinski definition) is 3. The lowest BCUT2D eigenvalue weighted by Crippen LogP contribution is -2.57. The number of amides is 1. The van der Waals surface area contributed by atoms with Crippen molar-refractivity contribution in [1.29, 1.82) is 0 Å². The molecular weight excluding hydrogens is 238 g/mol. The number of nitrogens with zero attached hydrogens (tertiary/aromatic N) is 2. The predicted molar refractivity (Wildman–Crippen MR) is 79.9 cm³/mol. The van der Waals surface area contributed by atoms with Crippen molar-refractivity contribution in [3.63, 3.8) is 0 Å². The van der Waals surface area contributed by atoms with Gasteiger partial charge in [-0.1, -0.05) is 26.7 Å². The Kier molecular flexibility index (Phi) is 6.27. The maximum absolute atomic E-state index is 12.6. The molecule has 0 heterocycles. The predicted octanol–water partition coefficient (Wildman–Crippen LogP) is 1.69. The molecule has 2 unspecified atom stereocenters. The Bertz CT molecular complexity index is 291. The first-order valence-electron chi connectivity index (χ1n) is 7.62. The van der Waals surface area contributed by atoms with Crippen molar-refractivity contribution in [2.24, 2.45) is 11.7 Å². The highest BCUT2D eigenvalue weighted by atomic mass is 16.2. The zero-order valence-corrected chi connectivity index (χ0v) is 13.2. The molecule has 4 nitrogen and oxygen atoms in total. The van der Waals surface area contributed by atoms with Crippen LogP contribution >= 0.6 is 0 Å². The summed E-state index contributed by atoms with van der Waals surface area (Å²) in [6.07, 6.45) is 4.77. The van der Waals surface area contributed by atoms with Crippen molar-refractivity contribution in [2.75, 3.05) is 20.6 Å². The summed E-state index contributed by atoms with van der Waals surface area (Å²) in [5, 5.41) is 0. The van der Waals surface area contributed by atoms with Crippen molar-refractivity contribution >= 4 is 5.91 Å². The largest absolute Gasteiger partial charge is 0.337 e. The molecular formula is C15H31N3O. The Morgan fingerprint density at radius 2 is 1.74 bits per heavy atom. The van der Waals surface area contributed by atoms with Crippen molar-refractivity contribution < 1.29 is 4.79 Å². The van der Waals surface area contributed by atoms with Crippen LogP contribution in [-0.4, -0.2) is 54.5 Å². The second kappa shape index (κ2) is 7.25. The lowest BCUT2D eigenvalue weighted by Gasteiger charge is -2.43. The van der Waals surface area contributed by atoms with Gasteiger partial charge >= 0.3 is 0 Å². The molecule has 4 heteroatoms. The van der Waals surface area contributed by atoms with Gasteiger partial charge in [0.15, 0.2) is 0 Å². The molecule has 1 aliphatic rings. The maximum atomic E-state index is 12.6. The summed E-state index contributed by atoms with van der Waals surface area (Å²) in [5.74, 6) is 0.319. The summed E-state index contributed by atoms with van der Waals surface area (Å²) < 4.78 is 0. The molecule has 0 aromatic heterocycles. The minimum Gasteiger partial charge on any atom is -0.337 e. The molecule has 0 saturated heterocycles. The van der Waals surface area contributed by atoms with Gasteiger partial charge in [-0.05, 0) is 39.8 Å². The molecule has 112 valence electrons. The lowest BCUT2D eigenvalue weighted by molar-refractivity contribution is -0.137. The lowest BCUT2D eigenvalue weighted by atomic mass is 9.87. The highest BCUT2D eigenvalue weighted by Gasteiger charge is 2.35. The first-order valence-corrected chi connectivity index (χ1v) is 7.62. The van der Waals surface area contributed by atoms with Gasteiger partial charge < -0.3 is 15.5 Å². The van der Waals surface area contributed by atoms with Gasteiger partial charge in [0.2, 0.25) is 5.91 Å². The Morgan fingerprint density at radius 1 is 1.21 bits per heavy atom. The zero-order chi connectivity index (χ0) is 14.6. The van der Waals surface area contributed by atoms with Crippen LogP contribution in [0.25, 0.3) is 0 Å². The minimum atomic E-state index is -0.371. The molecule has 19 heavy (non-hydrogen) atoms. The van der Waals surface area contributed by atoms with Crippen LogP contribution in [0.5, 0.6) is 0 Å². The van der Waals surface area contributed by atoms with E-state index in [1.54, 1.807) is 0 Å². The smallest absolute Gasteiger partial charge is 0.240 e. The molecule has 0 spiro atoms. The number of rotatable bonds is 5. The third-order valence-corrected chi connectivity index (χ3v) is 4.38. The topological polar surface area (TPSA) is 49.6 Å². The third kappa shape index (κ3) is 3.93. The van der Waals surface area contributed by atoms with Gasteiger partial charge in [0.1, 0.15) is 0 Å². The van der Waals surface area contributed by atoms with Gasteiger partial charge in [-0.3, -0.25) is 4.79 Å². The second-order valence-corrected chi connectivity index (χ2v) is 6.28. The number of hydrogen-bond donors (Lipinski definition) is 1. The molecule has 0 bridgehead atoms. The van der Waals surface area contributed by atoms with Crippen molar-refractivity contribution in [1.82, 2.24) is 9.80 Å². The van der Waals surface area contributed by atoms with E-state index in [9.17, 15) is 4.79 Å². The number of likely N-dealkylation sites (N-methyl/N-ethyl adjacent to an activating group) is 2. The molecule has 1 fully saturated rings. The van der Waals surface area contributed by atoms with Crippen LogP contribution in [0, 0.1) is 5.92 Å². The summed E-state index contributed by atoms with van der Waals surface area (Å²) >= 11 is 0. The van der Waals surface area contributed by atoms with Gasteiger partial charge in [0.25, 0.3) is 0 Å². The maximum Gasteiger partial charge on any atom is 0.240 e.